The molecule has 0 heterocycles. The minimum Gasteiger partial charge on any atom is -0.495 e. The predicted octanol–water partition coefficient (Wildman–Crippen LogP) is 2.12. The quantitative estimate of drug-likeness (QED) is 0.789. The fourth-order valence-electron chi connectivity index (χ4n) is 1.51. The maximum absolute atomic E-state index is 11.8. The number of hydrogen-bond acceptors (Lipinski definition) is 4. The molecule has 108 valence electrons. The SMILES string of the molecule is COc1ccc(C#CCCO)cc1NC(=O)CCSC. The van der Waals surface area contributed by atoms with Gasteiger partial charge in [0.1, 0.15) is 5.75 Å². The van der Waals surface area contributed by atoms with Gasteiger partial charge in [0.2, 0.25) is 5.91 Å². The van der Waals surface area contributed by atoms with Crippen LogP contribution in [0.1, 0.15) is 18.4 Å². The van der Waals surface area contributed by atoms with Crippen molar-refractivity contribution in [2.75, 3.05) is 31.0 Å². The van der Waals surface area contributed by atoms with Gasteiger partial charge in [-0.25, -0.2) is 0 Å². The lowest BCUT2D eigenvalue weighted by atomic mass is 10.2. The van der Waals surface area contributed by atoms with E-state index in [4.69, 9.17) is 9.84 Å². The second-order valence-electron chi connectivity index (χ2n) is 3.98. The van der Waals surface area contributed by atoms with Crippen LogP contribution in [0.25, 0.3) is 0 Å². The molecule has 1 rings (SSSR count). The largest absolute Gasteiger partial charge is 0.495 e. The summed E-state index contributed by atoms with van der Waals surface area (Å²) in [6.45, 7) is 0.0431. The molecule has 2 N–H and O–H groups in total. The van der Waals surface area contributed by atoms with E-state index in [0.717, 1.165) is 11.3 Å². The Labute approximate surface area is 123 Å². The van der Waals surface area contributed by atoms with Crippen molar-refractivity contribution in [1.29, 1.82) is 0 Å². The van der Waals surface area contributed by atoms with E-state index in [1.165, 1.54) is 0 Å². The molecule has 0 fully saturated rings. The Morgan fingerprint density at radius 1 is 1.50 bits per heavy atom. The zero-order chi connectivity index (χ0) is 14.8. The van der Waals surface area contributed by atoms with Gasteiger partial charge in [-0.15, -0.1) is 0 Å². The first-order valence-corrected chi connectivity index (χ1v) is 7.67. The predicted molar refractivity (Wildman–Crippen MR) is 83.2 cm³/mol. The van der Waals surface area contributed by atoms with Gasteiger partial charge < -0.3 is 15.2 Å². The third-order valence-corrected chi connectivity index (χ3v) is 3.09. The normalized spacial score (nSPS) is 9.55. The van der Waals surface area contributed by atoms with Crippen LogP contribution < -0.4 is 10.1 Å². The van der Waals surface area contributed by atoms with Crippen molar-refractivity contribution < 1.29 is 14.6 Å². The molecule has 5 heteroatoms. The molecule has 0 aromatic heterocycles. The maximum Gasteiger partial charge on any atom is 0.225 e. The average Bonchev–Trinajstić information content (AvgIpc) is 2.46. The van der Waals surface area contributed by atoms with Gasteiger partial charge in [-0.05, 0) is 24.5 Å². The summed E-state index contributed by atoms with van der Waals surface area (Å²) in [6, 6.07) is 5.37. The summed E-state index contributed by atoms with van der Waals surface area (Å²) in [4.78, 5) is 11.8. The van der Waals surface area contributed by atoms with Gasteiger partial charge in [-0.1, -0.05) is 11.8 Å². The maximum atomic E-state index is 11.8. The summed E-state index contributed by atoms with van der Waals surface area (Å²) in [5.74, 6) is 7.12. The number of carbonyl (C=O) groups is 1. The molecule has 20 heavy (non-hydrogen) atoms. The van der Waals surface area contributed by atoms with E-state index in [1.54, 1.807) is 31.0 Å². The Morgan fingerprint density at radius 2 is 2.30 bits per heavy atom. The standard InChI is InChI=1S/C15H19NO3S/c1-19-14-7-6-12(5-3-4-9-17)11-13(14)16-15(18)8-10-20-2/h6-7,11,17H,4,8-10H2,1-2H3,(H,16,18). The third kappa shape index (κ3) is 5.55. The number of ether oxygens (including phenoxy) is 1. The zero-order valence-electron chi connectivity index (χ0n) is 11.7. The van der Waals surface area contributed by atoms with Crippen LogP contribution in [-0.2, 0) is 4.79 Å². The Hall–Kier alpha value is -1.64. The van der Waals surface area contributed by atoms with Crippen LogP contribution in [0.4, 0.5) is 5.69 Å². The molecule has 0 spiro atoms. The second kappa shape index (κ2) is 9.29. The molecule has 0 bridgehead atoms. The number of aliphatic hydroxyl groups excluding tert-OH is 1. The highest BCUT2D eigenvalue weighted by molar-refractivity contribution is 7.98. The molecular formula is C15H19NO3S. The van der Waals surface area contributed by atoms with E-state index in [2.05, 4.69) is 17.2 Å². The Kier molecular flexibility index (Phi) is 7.63. The lowest BCUT2D eigenvalue weighted by Gasteiger charge is -2.10. The van der Waals surface area contributed by atoms with Gasteiger partial charge in [-0.2, -0.15) is 11.8 Å². The molecule has 0 unspecified atom stereocenters. The van der Waals surface area contributed by atoms with Crippen LogP contribution >= 0.6 is 11.8 Å². The Balaban J connectivity index is 2.84. The van der Waals surface area contributed by atoms with Gasteiger partial charge >= 0.3 is 0 Å². The number of amides is 1. The Bertz CT molecular complexity index is 506. The first-order valence-electron chi connectivity index (χ1n) is 6.27. The number of hydrogen-bond donors (Lipinski definition) is 2. The van der Waals surface area contributed by atoms with Crippen LogP contribution in [0.2, 0.25) is 0 Å². The molecule has 0 saturated heterocycles. The van der Waals surface area contributed by atoms with E-state index >= 15 is 0 Å². The lowest BCUT2D eigenvalue weighted by Crippen LogP contribution is -2.13. The van der Waals surface area contributed by atoms with Crippen molar-refractivity contribution in [2.24, 2.45) is 0 Å². The number of rotatable bonds is 6. The molecule has 1 aromatic rings. The molecule has 1 amide bonds. The summed E-state index contributed by atoms with van der Waals surface area (Å²) in [6.07, 6.45) is 2.86. The highest BCUT2D eigenvalue weighted by atomic mass is 32.2. The minimum absolute atomic E-state index is 0.0431. The number of anilines is 1. The number of aliphatic hydroxyl groups is 1. The molecule has 4 nitrogen and oxygen atoms in total. The summed E-state index contributed by atoms with van der Waals surface area (Å²) in [5, 5.41) is 11.5. The van der Waals surface area contributed by atoms with Crippen LogP contribution in [0, 0.1) is 11.8 Å². The molecule has 0 saturated carbocycles. The van der Waals surface area contributed by atoms with E-state index in [0.29, 0.717) is 24.3 Å². The molecule has 0 atom stereocenters. The minimum atomic E-state index is -0.0434. The lowest BCUT2D eigenvalue weighted by molar-refractivity contribution is -0.115. The number of benzene rings is 1. The van der Waals surface area contributed by atoms with E-state index in [9.17, 15) is 4.79 Å². The number of carbonyl (C=O) groups excluding carboxylic acids is 1. The van der Waals surface area contributed by atoms with E-state index in [-0.39, 0.29) is 12.5 Å². The monoisotopic (exact) mass is 293 g/mol. The highest BCUT2D eigenvalue weighted by Crippen LogP contribution is 2.25. The summed E-state index contributed by atoms with van der Waals surface area (Å²) in [5.41, 5.74) is 1.40. The average molecular weight is 293 g/mol. The van der Waals surface area contributed by atoms with Crippen molar-refractivity contribution in [2.45, 2.75) is 12.8 Å². The smallest absolute Gasteiger partial charge is 0.225 e. The molecule has 1 aromatic carbocycles. The van der Waals surface area contributed by atoms with E-state index in [1.807, 2.05) is 12.3 Å². The molecule has 0 aliphatic carbocycles. The molecule has 0 aliphatic rings. The van der Waals surface area contributed by atoms with Crippen LogP contribution in [0.3, 0.4) is 0 Å². The van der Waals surface area contributed by atoms with E-state index < -0.39 is 0 Å². The van der Waals surface area contributed by atoms with Crippen molar-refractivity contribution >= 4 is 23.4 Å². The summed E-state index contributed by atoms with van der Waals surface area (Å²) < 4.78 is 5.22. The first-order chi connectivity index (χ1) is 9.71. The van der Waals surface area contributed by atoms with Crippen LogP contribution in [0.15, 0.2) is 18.2 Å². The molecular weight excluding hydrogens is 274 g/mol. The number of thioether (sulfide) groups is 1. The molecule has 0 aliphatic heterocycles. The number of nitrogens with one attached hydrogen (secondary N) is 1. The third-order valence-electron chi connectivity index (χ3n) is 2.48. The van der Waals surface area contributed by atoms with Gasteiger partial charge in [0, 0.05) is 24.2 Å². The van der Waals surface area contributed by atoms with Crippen LogP contribution in [0.5, 0.6) is 5.75 Å². The summed E-state index contributed by atoms with van der Waals surface area (Å²) in [7, 11) is 1.56. The van der Waals surface area contributed by atoms with Crippen LogP contribution in [-0.4, -0.2) is 36.7 Å². The van der Waals surface area contributed by atoms with Crippen molar-refractivity contribution in [3.05, 3.63) is 23.8 Å². The Morgan fingerprint density at radius 3 is 2.95 bits per heavy atom. The van der Waals surface area contributed by atoms with Gasteiger partial charge in [0.15, 0.2) is 0 Å². The van der Waals surface area contributed by atoms with Gasteiger partial charge in [-0.3, -0.25) is 4.79 Å². The highest BCUT2D eigenvalue weighted by Gasteiger charge is 2.07. The first kappa shape index (κ1) is 16.4. The topological polar surface area (TPSA) is 58.6 Å². The summed E-state index contributed by atoms with van der Waals surface area (Å²) >= 11 is 1.63. The zero-order valence-corrected chi connectivity index (χ0v) is 12.5. The van der Waals surface area contributed by atoms with Crippen molar-refractivity contribution in [1.82, 2.24) is 0 Å². The molecule has 0 radical (unpaired) electrons. The van der Waals surface area contributed by atoms with Gasteiger partial charge in [0.05, 0.1) is 19.4 Å². The van der Waals surface area contributed by atoms with Crippen molar-refractivity contribution in [3.8, 4) is 17.6 Å². The second-order valence-corrected chi connectivity index (χ2v) is 4.97. The number of methoxy groups -OCH3 is 1. The fourth-order valence-corrected chi connectivity index (χ4v) is 1.90. The van der Waals surface area contributed by atoms with Crippen molar-refractivity contribution in [3.63, 3.8) is 0 Å². The fraction of sp³-hybridized carbons (Fsp3) is 0.400. The van der Waals surface area contributed by atoms with Gasteiger partial charge in [0.25, 0.3) is 0 Å².